The lowest BCUT2D eigenvalue weighted by Gasteiger charge is -2.28. The van der Waals surface area contributed by atoms with Gasteiger partial charge in [-0.1, -0.05) is 25.4 Å². The van der Waals surface area contributed by atoms with E-state index < -0.39 is 0 Å². The molecule has 0 atom stereocenters. The van der Waals surface area contributed by atoms with E-state index >= 15 is 0 Å². The molecule has 4 heteroatoms. The van der Waals surface area contributed by atoms with Gasteiger partial charge in [-0.15, -0.1) is 0 Å². The van der Waals surface area contributed by atoms with Crippen LogP contribution in [0, 0.1) is 5.92 Å². The molecule has 0 heterocycles. The Morgan fingerprint density at radius 3 is 2.67 bits per heavy atom. The predicted molar refractivity (Wildman–Crippen MR) is 76.3 cm³/mol. The standard InChI is InChI=1S/C14H22ClNO2/c1-11(2)9-16(6-7-18-3)14-5-4-13(15)8-12(14)10-17/h4-5,8,11,17H,6-7,9-10H2,1-3H3. The molecule has 0 bridgehead atoms. The van der Waals surface area contributed by atoms with Crippen molar-refractivity contribution < 1.29 is 9.84 Å². The Balaban J connectivity index is 2.95. The van der Waals surface area contributed by atoms with Gasteiger partial charge in [0.1, 0.15) is 0 Å². The minimum Gasteiger partial charge on any atom is -0.392 e. The number of nitrogens with zero attached hydrogens (tertiary/aromatic N) is 1. The molecule has 18 heavy (non-hydrogen) atoms. The van der Waals surface area contributed by atoms with Gasteiger partial charge < -0.3 is 14.7 Å². The Morgan fingerprint density at radius 2 is 2.11 bits per heavy atom. The summed E-state index contributed by atoms with van der Waals surface area (Å²) in [5.74, 6) is 0.545. The van der Waals surface area contributed by atoms with Crippen LogP contribution in [-0.2, 0) is 11.3 Å². The minimum absolute atomic E-state index is 0.00251. The number of aliphatic hydroxyl groups excluding tert-OH is 1. The lowest BCUT2D eigenvalue weighted by Crippen LogP contribution is -2.31. The van der Waals surface area contributed by atoms with E-state index in [9.17, 15) is 5.11 Å². The van der Waals surface area contributed by atoms with Crippen LogP contribution in [0.2, 0.25) is 5.02 Å². The Hall–Kier alpha value is -0.770. The molecule has 0 spiro atoms. The highest BCUT2D eigenvalue weighted by Gasteiger charge is 2.12. The average Bonchev–Trinajstić information content (AvgIpc) is 2.34. The first-order valence-corrected chi connectivity index (χ1v) is 6.59. The first-order valence-electron chi connectivity index (χ1n) is 6.21. The third-order valence-electron chi connectivity index (χ3n) is 2.70. The summed E-state index contributed by atoms with van der Waals surface area (Å²) in [5.41, 5.74) is 1.90. The quantitative estimate of drug-likeness (QED) is 0.828. The van der Waals surface area contributed by atoms with Crippen molar-refractivity contribution in [2.24, 2.45) is 5.92 Å². The zero-order valence-corrected chi connectivity index (χ0v) is 12.1. The maximum atomic E-state index is 9.43. The fourth-order valence-electron chi connectivity index (χ4n) is 1.94. The molecule has 1 aromatic rings. The molecule has 0 saturated heterocycles. The molecule has 0 amide bonds. The number of anilines is 1. The summed E-state index contributed by atoms with van der Waals surface area (Å²) in [7, 11) is 1.70. The van der Waals surface area contributed by atoms with Gasteiger partial charge in [0.25, 0.3) is 0 Å². The molecule has 1 rings (SSSR count). The number of ether oxygens (including phenoxy) is 1. The van der Waals surface area contributed by atoms with Crippen molar-refractivity contribution in [2.75, 3.05) is 31.7 Å². The summed E-state index contributed by atoms with van der Waals surface area (Å²) in [5, 5.41) is 10.1. The minimum atomic E-state index is -0.00251. The van der Waals surface area contributed by atoms with Gasteiger partial charge in [0.05, 0.1) is 13.2 Å². The summed E-state index contributed by atoms with van der Waals surface area (Å²) in [4.78, 5) is 2.23. The van der Waals surface area contributed by atoms with Gasteiger partial charge in [-0.25, -0.2) is 0 Å². The monoisotopic (exact) mass is 271 g/mol. The van der Waals surface area contributed by atoms with Crippen molar-refractivity contribution in [3.8, 4) is 0 Å². The smallest absolute Gasteiger partial charge is 0.0702 e. The Bertz CT molecular complexity index is 369. The number of benzene rings is 1. The van der Waals surface area contributed by atoms with Gasteiger partial charge in [0.2, 0.25) is 0 Å². The maximum Gasteiger partial charge on any atom is 0.0702 e. The lowest BCUT2D eigenvalue weighted by molar-refractivity contribution is 0.204. The van der Waals surface area contributed by atoms with Crippen LogP contribution in [0.1, 0.15) is 19.4 Å². The molecule has 0 aliphatic heterocycles. The summed E-state index contributed by atoms with van der Waals surface area (Å²) in [6, 6.07) is 5.64. The highest BCUT2D eigenvalue weighted by atomic mass is 35.5. The average molecular weight is 272 g/mol. The van der Waals surface area contributed by atoms with Crippen LogP contribution in [0.15, 0.2) is 18.2 Å². The van der Waals surface area contributed by atoms with E-state index in [2.05, 4.69) is 18.7 Å². The largest absolute Gasteiger partial charge is 0.392 e. The van der Waals surface area contributed by atoms with Crippen molar-refractivity contribution >= 4 is 17.3 Å². The second-order valence-electron chi connectivity index (χ2n) is 4.76. The molecular weight excluding hydrogens is 250 g/mol. The number of hydrogen-bond acceptors (Lipinski definition) is 3. The van der Waals surface area contributed by atoms with Gasteiger partial charge in [-0.2, -0.15) is 0 Å². The van der Waals surface area contributed by atoms with Crippen LogP contribution in [0.4, 0.5) is 5.69 Å². The molecule has 0 unspecified atom stereocenters. The van der Waals surface area contributed by atoms with E-state index in [1.165, 1.54) is 0 Å². The van der Waals surface area contributed by atoms with Gasteiger partial charge in [0.15, 0.2) is 0 Å². The number of rotatable bonds is 7. The maximum absolute atomic E-state index is 9.43. The van der Waals surface area contributed by atoms with E-state index in [1.807, 2.05) is 18.2 Å². The molecule has 0 fully saturated rings. The van der Waals surface area contributed by atoms with Crippen LogP contribution in [-0.4, -0.2) is 31.9 Å². The predicted octanol–water partition coefficient (Wildman–Crippen LogP) is 2.94. The first kappa shape index (κ1) is 15.3. The highest BCUT2D eigenvalue weighted by Crippen LogP contribution is 2.25. The van der Waals surface area contributed by atoms with E-state index in [1.54, 1.807) is 7.11 Å². The number of halogens is 1. The van der Waals surface area contributed by atoms with Crippen LogP contribution in [0.3, 0.4) is 0 Å². The third kappa shape index (κ3) is 4.48. The van der Waals surface area contributed by atoms with Crippen molar-refractivity contribution in [1.29, 1.82) is 0 Å². The molecule has 1 N–H and O–H groups in total. The van der Waals surface area contributed by atoms with E-state index in [0.717, 1.165) is 24.3 Å². The summed E-state index contributed by atoms with van der Waals surface area (Å²) in [6.07, 6.45) is 0. The number of aliphatic hydroxyl groups is 1. The first-order chi connectivity index (χ1) is 8.58. The molecule has 1 aromatic carbocycles. The van der Waals surface area contributed by atoms with Crippen molar-refractivity contribution in [3.63, 3.8) is 0 Å². The van der Waals surface area contributed by atoms with E-state index in [-0.39, 0.29) is 6.61 Å². The SMILES string of the molecule is COCCN(CC(C)C)c1ccc(Cl)cc1CO. The van der Waals surface area contributed by atoms with Crippen molar-refractivity contribution in [1.82, 2.24) is 0 Å². The fraction of sp³-hybridized carbons (Fsp3) is 0.571. The summed E-state index contributed by atoms with van der Waals surface area (Å²) in [6.45, 7) is 6.75. The second-order valence-corrected chi connectivity index (χ2v) is 5.20. The molecule has 102 valence electrons. The van der Waals surface area contributed by atoms with Crippen molar-refractivity contribution in [2.45, 2.75) is 20.5 Å². The molecule has 0 aliphatic rings. The molecular formula is C14H22ClNO2. The van der Waals surface area contributed by atoms with Crippen LogP contribution in [0.5, 0.6) is 0 Å². The molecule has 3 nitrogen and oxygen atoms in total. The Labute approximate surface area is 114 Å². The normalized spacial score (nSPS) is 11.0. The third-order valence-corrected chi connectivity index (χ3v) is 2.94. The topological polar surface area (TPSA) is 32.7 Å². The number of methoxy groups -OCH3 is 1. The van der Waals surface area contributed by atoms with Crippen LogP contribution < -0.4 is 4.90 Å². The van der Waals surface area contributed by atoms with Gasteiger partial charge >= 0.3 is 0 Å². The Morgan fingerprint density at radius 1 is 1.39 bits per heavy atom. The van der Waals surface area contributed by atoms with Crippen LogP contribution in [0.25, 0.3) is 0 Å². The van der Waals surface area contributed by atoms with Gasteiger partial charge in [-0.3, -0.25) is 0 Å². The summed E-state index contributed by atoms with van der Waals surface area (Å²) >= 11 is 5.96. The van der Waals surface area contributed by atoms with E-state index in [0.29, 0.717) is 17.5 Å². The van der Waals surface area contributed by atoms with Crippen LogP contribution >= 0.6 is 11.6 Å². The van der Waals surface area contributed by atoms with Crippen molar-refractivity contribution in [3.05, 3.63) is 28.8 Å². The highest BCUT2D eigenvalue weighted by molar-refractivity contribution is 6.30. The molecule has 0 radical (unpaired) electrons. The zero-order valence-electron chi connectivity index (χ0n) is 11.3. The summed E-state index contributed by atoms with van der Waals surface area (Å²) < 4.78 is 5.14. The molecule has 0 aliphatic carbocycles. The van der Waals surface area contributed by atoms with Gasteiger partial charge in [-0.05, 0) is 24.1 Å². The molecule has 0 aromatic heterocycles. The Kier molecular flexibility index (Phi) is 6.47. The fourth-order valence-corrected chi connectivity index (χ4v) is 2.14. The molecule has 0 saturated carbocycles. The lowest BCUT2D eigenvalue weighted by atomic mass is 10.1. The van der Waals surface area contributed by atoms with Gasteiger partial charge in [0, 0.05) is 36.5 Å². The number of hydrogen-bond donors (Lipinski definition) is 1. The zero-order chi connectivity index (χ0) is 13.5. The van der Waals surface area contributed by atoms with E-state index in [4.69, 9.17) is 16.3 Å². The second kappa shape index (κ2) is 7.62.